The predicted molar refractivity (Wildman–Crippen MR) is 69.9 cm³/mol. The Bertz CT molecular complexity index is 375. The molecule has 1 N–H and O–H groups in total. The fourth-order valence-corrected chi connectivity index (χ4v) is 1.99. The lowest BCUT2D eigenvalue weighted by Gasteiger charge is -2.28. The molecular weight excluding hydrogens is 228 g/mol. The summed E-state index contributed by atoms with van der Waals surface area (Å²) in [6.45, 7) is 0.785. The molecule has 0 heterocycles. The van der Waals surface area contributed by atoms with Crippen LogP contribution in [0.25, 0.3) is 0 Å². The minimum Gasteiger partial charge on any atom is -0.389 e. The van der Waals surface area contributed by atoms with E-state index in [9.17, 15) is 5.11 Å². The van der Waals surface area contributed by atoms with Crippen LogP contribution in [0.15, 0.2) is 30.3 Å². The molecule has 1 aromatic carbocycles. The lowest BCUT2D eigenvalue weighted by Crippen LogP contribution is -2.34. The van der Waals surface area contributed by atoms with Gasteiger partial charge in [-0.25, -0.2) is 0 Å². The molecule has 0 aromatic heterocycles. The van der Waals surface area contributed by atoms with Crippen molar-refractivity contribution in [1.29, 1.82) is 5.26 Å². The molecule has 0 radical (unpaired) electrons. The van der Waals surface area contributed by atoms with Crippen LogP contribution in [-0.4, -0.2) is 43.4 Å². The number of nitriles is 1. The van der Waals surface area contributed by atoms with Gasteiger partial charge in [-0.3, -0.25) is 4.90 Å². The normalized spacial score (nSPS) is 14.2. The molecule has 4 nitrogen and oxygen atoms in total. The quantitative estimate of drug-likeness (QED) is 0.796. The van der Waals surface area contributed by atoms with Gasteiger partial charge in [0.1, 0.15) is 0 Å². The second kappa shape index (κ2) is 7.83. The molecule has 0 aliphatic heterocycles. The van der Waals surface area contributed by atoms with Gasteiger partial charge in [0.15, 0.2) is 0 Å². The number of likely N-dealkylation sites (N-methyl/N-ethyl adjacent to an activating group) is 1. The predicted octanol–water partition coefficient (Wildman–Crippen LogP) is 1.58. The fraction of sp³-hybridized carbons (Fsp3) is 0.500. The average Bonchev–Trinajstić information content (AvgIpc) is 2.37. The first-order valence-corrected chi connectivity index (χ1v) is 5.98. The van der Waals surface area contributed by atoms with Crippen molar-refractivity contribution in [3.8, 4) is 6.07 Å². The van der Waals surface area contributed by atoms with Gasteiger partial charge < -0.3 is 9.84 Å². The first-order chi connectivity index (χ1) is 8.69. The Balaban J connectivity index is 2.70. The highest BCUT2D eigenvalue weighted by Gasteiger charge is 2.19. The van der Waals surface area contributed by atoms with E-state index in [4.69, 9.17) is 10.00 Å². The van der Waals surface area contributed by atoms with Crippen LogP contribution < -0.4 is 0 Å². The smallest absolute Gasteiger partial charge is 0.0900 e. The topological polar surface area (TPSA) is 56.5 Å². The van der Waals surface area contributed by atoms with E-state index >= 15 is 0 Å². The maximum Gasteiger partial charge on any atom is 0.0900 e. The molecule has 2 atom stereocenters. The van der Waals surface area contributed by atoms with Gasteiger partial charge in [-0.2, -0.15) is 5.26 Å². The van der Waals surface area contributed by atoms with E-state index in [1.807, 2.05) is 42.3 Å². The number of rotatable bonds is 7. The highest BCUT2D eigenvalue weighted by atomic mass is 16.5. The minimum atomic E-state index is -0.537. The molecule has 0 saturated carbocycles. The van der Waals surface area contributed by atoms with Crippen LogP contribution in [0.1, 0.15) is 18.0 Å². The zero-order valence-electron chi connectivity index (χ0n) is 10.9. The summed E-state index contributed by atoms with van der Waals surface area (Å²) in [5.74, 6) is 0. The molecule has 0 bridgehead atoms. The molecule has 0 aliphatic carbocycles. The summed E-state index contributed by atoms with van der Waals surface area (Å²) in [4.78, 5) is 1.99. The zero-order chi connectivity index (χ0) is 13.4. The summed E-state index contributed by atoms with van der Waals surface area (Å²) in [7, 11) is 3.47. The molecule has 0 spiro atoms. The van der Waals surface area contributed by atoms with Gasteiger partial charge in [-0.15, -0.1) is 0 Å². The zero-order valence-corrected chi connectivity index (χ0v) is 10.9. The van der Waals surface area contributed by atoms with Crippen LogP contribution in [0.4, 0.5) is 0 Å². The molecule has 0 saturated heterocycles. The van der Waals surface area contributed by atoms with Gasteiger partial charge in [-0.1, -0.05) is 30.3 Å². The van der Waals surface area contributed by atoms with Crippen molar-refractivity contribution in [2.24, 2.45) is 0 Å². The lowest BCUT2D eigenvalue weighted by atomic mass is 10.0. The number of methoxy groups -OCH3 is 1. The monoisotopic (exact) mass is 248 g/mol. The molecule has 1 rings (SSSR count). The Morgan fingerprint density at radius 1 is 1.39 bits per heavy atom. The van der Waals surface area contributed by atoms with Crippen molar-refractivity contribution in [1.82, 2.24) is 4.90 Å². The van der Waals surface area contributed by atoms with Crippen LogP contribution in [0, 0.1) is 11.3 Å². The fourth-order valence-electron chi connectivity index (χ4n) is 1.99. The van der Waals surface area contributed by atoms with Gasteiger partial charge in [0.2, 0.25) is 0 Å². The van der Waals surface area contributed by atoms with Crippen molar-refractivity contribution in [2.75, 3.05) is 27.3 Å². The van der Waals surface area contributed by atoms with E-state index in [2.05, 4.69) is 6.07 Å². The van der Waals surface area contributed by atoms with E-state index in [1.54, 1.807) is 7.11 Å². The van der Waals surface area contributed by atoms with Crippen LogP contribution in [0.3, 0.4) is 0 Å². The molecule has 18 heavy (non-hydrogen) atoms. The van der Waals surface area contributed by atoms with E-state index < -0.39 is 6.10 Å². The number of hydrogen-bond acceptors (Lipinski definition) is 4. The third kappa shape index (κ3) is 4.46. The molecular formula is C14H20N2O2. The number of ether oxygens (including phenoxy) is 1. The number of hydrogen-bond donors (Lipinski definition) is 1. The summed E-state index contributed by atoms with van der Waals surface area (Å²) in [5, 5.41) is 18.7. The van der Waals surface area contributed by atoms with E-state index in [0.29, 0.717) is 19.6 Å². The van der Waals surface area contributed by atoms with Crippen molar-refractivity contribution in [2.45, 2.75) is 18.6 Å². The third-order valence-corrected chi connectivity index (χ3v) is 2.86. The van der Waals surface area contributed by atoms with E-state index in [1.165, 1.54) is 0 Å². The Labute approximate surface area is 108 Å². The number of aliphatic hydroxyl groups excluding tert-OH is 1. The number of benzene rings is 1. The standard InChI is InChI=1S/C14H20N2O2/c1-16(10-13(17)11-18-2)14(8-9-15)12-6-4-3-5-7-12/h3-7,13-14,17H,8,10-11H2,1-2H3. The Kier molecular flexibility index (Phi) is 6.37. The summed E-state index contributed by atoms with van der Waals surface area (Å²) in [6.07, 6.45) is -0.134. The molecule has 98 valence electrons. The summed E-state index contributed by atoms with van der Waals surface area (Å²) in [6, 6.07) is 12.1. The van der Waals surface area contributed by atoms with Crippen molar-refractivity contribution in [3.63, 3.8) is 0 Å². The SMILES string of the molecule is COCC(O)CN(C)C(CC#N)c1ccccc1. The molecule has 4 heteroatoms. The van der Waals surface area contributed by atoms with Crippen LogP contribution in [-0.2, 0) is 4.74 Å². The van der Waals surface area contributed by atoms with E-state index in [-0.39, 0.29) is 6.04 Å². The van der Waals surface area contributed by atoms with Crippen LogP contribution >= 0.6 is 0 Å². The molecule has 0 aliphatic rings. The van der Waals surface area contributed by atoms with Gasteiger partial charge >= 0.3 is 0 Å². The second-order valence-corrected chi connectivity index (χ2v) is 4.34. The minimum absolute atomic E-state index is 0.00251. The Morgan fingerprint density at radius 2 is 2.06 bits per heavy atom. The Morgan fingerprint density at radius 3 is 2.61 bits per heavy atom. The largest absolute Gasteiger partial charge is 0.389 e. The number of nitrogens with zero attached hydrogens (tertiary/aromatic N) is 2. The average molecular weight is 248 g/mol. The van der Waals surface area contributed by atoms with Crippen molar-refractivity contribution >= 4 is 0 Å². The highest BCUT2D eigenvalue weighted by Crippen LogP contribution is 2.22. The van der Waals surface area contributed by atoms with Gasteiger partial charge in [0.05, 0.1) is 25.2 Å². The Hall–Kier alpha value is -1.41. The summed E-state index contributed by atoms with van der Waals surface area (Å²) < 4.78 is 4.91. The summed E-state index contributed by atoms with van der Waals surface area (Å²) >= 11 is 0. The maximum absolute atomic E-state index is 9.73. The highest BCUT2D eigenvalue weighted by molar-refractivity contribution is 5.20. The molecule has 2 unspecified atom stereocenters. The first-order valence-electron chi connectivity index (χ1n) is 5.98. The lowest BCUT2D eigenvalue weighted by molar-refractivity contribution is 0.0344. The van der Waals surface area contributed by atoms with Crippen LogP contribution in [0.5, 0.6) is 0 Å². The molecule has 1 aromatic rings. The van der Waals surface area contributed by atoms with Gasteiger partial charge in [0, 0.05) is 19.7 Å². The van der Waals surface area contributed by atoms with E-state index in [0.717, 1.165) is 5.56 Å². The number of aliphatic hydroxyl groups is 1. The molecule has 0 fully saturated rings. The summed E-state index contributed by atoms with van der Waals surface area (Å²) in [5.41, 5.74) is 1.09. The van der Waals surface area contributed by atoms with Crippen molar-refractivity contribution < 1.29 is 9.84 Å². The van der Waals surface area contributed by atoms with Gasteiger partial charge in [-0.05, 0) is 12.6 Å². The van der Waals surface area contributed by atoms with Crippen LogP contribution in [0.2, 0.25) is 0 Å². The molecule has 0 amide bonds. The second-order valence-electron chi connectivity index (χ2n) is 4.34. The van der Waals surface area contributed by atoms with Gasteiger partial charge in [0.25, 0.3) is 0 Å². The van der Waals surface area contributed by atoms with Crippen molar-refractivity contribution in [3.05, 3.63) is 35.9 Å². The maximum atomic E-state index is 9.73. The first kappa shape index (κ1) is 14.7. The third-order valence-electron chi connectivity index (χ3n) is 2.86.